The van der Waals surface area contributed by atoms with E-state index in [4.69, 9.17) is 21.6 Å². The number of halogens is 1. The fourth-order valence-electron chi connectivity index (χ4n) is 1.43. The van der Waals surface area contributed by atoms with Gasteiger partial charge < -0.3 is 9.64 Å². The standard InChI is InChI=1S/C11H15ClN4O/c1-3-16(6-4-5-13)11-7-9(12)14-10(15-11)8-17-2/h7H,3-4,6,8H2,1-2H3. The van der Waals surface area contributed by atoms with Crippen LogP contribution in [0.5, 0.6) is 0 Å². The van der Waals surface area contributed by atoms with Gasteiger partial charge in [-0.2, -0.15) is 5.26 Å². The van der Waals surface area contributed by atoms with Gasteiger partial charge in [0.05, 0.1) is 12.5 Å². The summed E-state index contributed by atoms with van der Waals surface area (Å²) in [6.45, 7) is 3.72. The molecule has 0 fully saturated rings. The summed E-state index contributed by atoms with van der Waals surface area (Å²) in [7, 11) is 1.58. The molecule has 0 unspecified atom stereocenters. The molecule has 92 valence electrons. The van der Waals surface area contributed by atoms with Gasteiger partial charge in [0.2, 0.25) is 0 Å². The molecule has 0 aromatic carbocycles. The van der Waals surface area contributed by atoms with Crippen LogP contribution < -0.4 is 4.90 Å². The van der Waals surface area contributed by atoms with E-state index in [-0.39, 0.29) is 0 Å². The Bertz CT molecular complexity index is 405. The second kappa shape index (κ2) is 7.05. The van der Waals surface area contributed by atoms with Crippen molar-refractivity contribution in [2.75, 3.05) is 25.1 Å². The third kappa shape index (κ3) is 4.17. The number of hydrogen-bond acceptors (Lipinski definition) is 5. The molecule has 0 saturated heterocycles. The van der Waals surface area contributed by atoms with Crippen molar-refractivity contribution in [2.45, 2.75) is 20.0 Å². The van der Waals surface area contributed by atoms with Crippen molar-refractivity contribution in [3.8, 4) is 6.07 Å². The molecule has 0 aliphatic carbocycles. The molecular formula is C11H15ClN4O. The van der Waals surface area contributed by atoms with Crippen LogP contribution in [0.25, 0.3) is 0 Å². The maximum absolute atomic E-state index is 8.60. The van der Waals surface area contributed by atoms with Crippen LogP contribution in [0.15, 0.2) is 6.07 Å². The van der Waals surface area contributed by atoms with Crippen molar-refractivity contribution in [3.63, 3.8) is 0 Å². The first kappa shape index (κ1) is 13.7. The van der Waals surface area contributed by atoms with Gasteiger partial charge in [0.25, 0.3) is 0 Å². The molecule has 0 bridgehead atoms. The van der Waals surface area contributed by atoms with Gasteiger partial charge in [0, 0.05) is 26.3 Å². The molecule has 0 saturated carbocycles. The van der Waals surface area contributed by atoms with Gasteiger partial charge in [-0.3, -0.25) is 0 Å². The van der Waals surface area contributed by atoms with Crippen molar-refractivity contribution in [2.24, 2.45) is 0 Å². The molecule has 0 N–H and O–H groups in total. The van der Waals surface area contributed by atoms with Gasteiger partial charge in [-0.25, -0.2) is 9.97 Å². The Kier molecular flexibility index (Phi) is 5.67. The van der Waals surface area contributed by atoms with E-state index in [0.29, 0.717) is 30.5 Å². The number of aromatic nitrogens is 2. The first-order chi connectivity index (χ1) is 8.21. The van der Waals surface area contributed by atoms with Gasteiger partial charge in [-0.15, -0.1) is 0 Å². The molecule has 1 aromatic rings. The van der Waals surface area contributed by atoms with Crippen LogP contribution in [0.2, 0.25) is 5.15 Å². The SMILES string of the molecule is CCN(CCC#N)c1cc(Cl)nc(COC)n1. The van der Waals surface area contributed by atoms with Gasteiger partial charge in [0.15, 0.2) is 5.82 Å². The number of nitrogens with zero attached hydrogens (tertiary/aromatic N) is 4. The van der Waals surface area contributed by atoms with E-state index in [1.54, 1.807) is 13.2 Å². The second-order valence-electron chi connectivity index (χ2n) is 3.39. The minimum Gasteiger partial charge on any atom is -0.377 e. The Morgan fingerprint density at radius 1 is 1.53 bits per heavy atom. The number of nitriles is 1. The molecule has 0 amide bonds. The summed E-state index contributed by atoms with van der Waals surface area (Å²) in [6.07, 6.45) is 0.453. The van der Waals surface area contributed by atoms with E-state index in [9.17, 15) is 0 Å². The highest BCUT2D eigenvalue weighted by atomic mass is 35.5. The highest BCUT2D eigenvalue weighted by molar-refractivity contribution is 6.29. The molecule has 1 aromatic heterocycles. The highest BCUT2D eigenvalue weighted by Gasteiger charge is 2.09. The normalized spacial score (nSPS) is 10.0. The molecule has 0 atom stereocenters. The lowest BCUT2D eigenvalue weighted by Gasteiger charge is -2.21. The average molecular weight is 255 g/mol. The van der Waals surface area contributed by atoms with Gasteiger partial charge in [0.1, 0.15) is 17.6 Å². The summed E-state index contributed by atoms with van der Waals surface area (Å²) in [5.74, 6) is 1.28. The minimum atomic E-state index is 0.323. The Morgan fingerprint density at radius 2 is 2.29 bits per heavy atom. The molecule has 0 aliphatic rings. The van der Waals surface area contributed by atoms with Crippen molar-refractivity contribution >= 4 is 17.4 Å². The first-order valence-electron chi connectivity index (χ1n) is 5.35. The van der Waals surface area contributed by atoms with Crippen molar-refractivity contribution in [3.05, 3.63) is 17.0 Å². The maximum atomic E-state index is 8.60. The number of methoxy groups -OCH3 is 1. The molecular weight excluding hydrogens is 240 g/mol. The molecule has 0 aliphatic heterocycles. The fourth-order valence-corrected chi connectivity index (χ4v) is 1.62. The van der Waals surface area contributed by atoms with E-state index < -0.39 is 0 Å². The van der Waals surface area contributed by atoms with Crippen LogP contribution in [0.4, 0.5) is 5.82 Å². The van der Waals surface area contributed by atoms with Crippen LogP contribution in [0, 0.1) is 11.3 Å². The fraction of sp³-hybridized carbons (Fsp3) is 0.545. The lowest BCUT2D eigenvalue weighted by molar-refractivity contribution is 0.178. The number of rotatable bonds is 6. The zero-order valence-corrected chi connectivity index (χ0v) is 10.7. The summed E-state index contributed by atoms with van der Waals surface area (Å²) in [5, 5.41) is 8.98. The van der Waals surface area contributed by atoms with E-state index in [2.05, 4.69) is 16.0 Å². The van der Waals surface area contributed by atoms with Crippen molar-refractivity contribution in [1.29, 1.82) is 5.26 Å². The molecule has 17 heavy (non-hydrogen) atoms. The number of anilines is 1. The van der Waals surface area contributed by atoms with Gasteiger partial charge in [-0.1, -0.05) is 11.6 Å². The Labute approximate surface area is 106 Å². The van der Waals surface area contributed by atoms with E-state index in [1.165, 1.54) is 0 Å². The molecule has 0 spiro atoms. The zero-order chi connectivity index (χ0) is 12.7. The van der Waals surface area contributed by atoms with Crippen LogP contribution in [-0.2, 0) is 11.3 Å². The number of hydrogen-bond donors (Lipinski definition) is 0. The quantitative estimate of drug-likeness (QED) is 0.727. The number of ether oxygens (including phenoxy) is 1. The van der Waals surface area contributed by atoms with E-state index in [0.717, 1.165) is 12.4 Å². The monoisotopic (exact) mass is 254 g/mol. The Balaban J connectivity index is 2.90. The summed E-state index contributed by atoms with van der Waals surface area (Å²) in [4.78, 5) is 10.4. The zero-order valence-electron chi connectivity index (χ0n) is 9.98. The Morgan fingerprint density at radius 3 is 2.88 bits per heavy atom. The Hall–Kier alpha value is -1.38. The predicted octanol–water partition coefficient (Wildman–Crippen LogP) is 2.02. The smallest absolute Gasteiger partial charge is 0.158 e. The van der Waals surface area contributed by atoms with Crippen LogP contribution >= 0.6 is 11.6 Å². The maximum Gasteiger partial charge on any atom is 0.158 e. The second-order valence-corrected chi connectivity index (χ2v) is 3.77. The third-order valence-electron chi connectivity index (χ3n) is 2.20. The minimum absolute atomic E-state index is 0.323. The summed E-state index contributed by atoms with van der Waals surface area (Å²) in [6, 6.07) is 3.81. The highest BCUT2D eigenvalue weighted by Crippen LogP contribution is 2.16. The predicted molar refractivity (Wildman–Crippen MR) is 65.9 cm³/mol. The van der Waals surface area contributed by atoms with Crippen LogP contribution in [0.1, 0.15) is 19.2 Å². The third-order valence-corrected chi connectivity index (χ3v) is 2.39. The summed E-state index contributed by atoms with van der Waals surface area (Å²) < 4.78 is 4.98. The first-order valence-corrected chi connectivity index (χ1v) is 5.73. The summed E-state index contributed by atoms with van der Waals surface area (Å²) in [5.41, 5.74) is 0. The molecule has 6 heteroatoms. The molecule has 5 nitrogen and oxygen atoms in total. The van der Waals surface area contributed by atoms with E-state index in [1.807, 2.05) is 11.8 Å². The molecule has 1 rings (SSSR count). The largest absolute Gasteiger partial charge is 0.377 e. The van der Waals surface area contributed by atoms with Gasteiger partial charge >= 0.3 is 0 Å². The summed E-state index contributed by atoms with van der Waals surface area (Å²) >= 11 is 5.92. The van der Waals surface area contributed by atoms with Crippen LogP contribution in [0.3, 0.4) is 0 Å². The molecule has 0 radical (unpaired) electrons. The van der Waals surface area contributed by atoms with Crippen molar-refractivity contribution in [1.82, 2.24) is 9.97 Å². The lowest BCUT2D eigenvalue weighted by atomic mass is 10.4. The lowest BCUT2D eigenvalue weighted by Crippen LogP contribution is -2.25. The van der Waals surface area contributed by atoms with Crippen LogP contribution in [-0.4, -0.2) is 30.2 Å². The molecule has 1 heterocycles. The average Bonchev–Trinajstić information content (AvgIpc) is 2.30. The van der Waals surface area contributed by atoms with E-state index >= 15 is 0 Å². The van der Waals surface area contributed by atoms with Gasteiger partial charge in [-0.05, 0) is 6.92 Å². The van der Waals surface area contributed by atoms with Crippen molar-refractivity contribution < 1.29 is 4.74 Å². The topological polar surface area (TPSA) is 62.0 Å².